The molecule has 4 aliphatic heterocycles. The zero-order valence-electron chi connectivity index (χ0n) is 30.2. The molecule has 2 unspecified atom stereocenters. The molecule has 3 aromatic rings. The lowest BCUT2D eigenvalue weighted by Crippen LogP contribution is -2.52. The maximum Gasteiger partial charge on any atom is 0.420 e. The monoisotopic (exact) mass is 688 g/mol. The first kappa shape index (κ1) is 34.2. The number of ether oxygens (including phenoxy) is 4. The van der Waals surface area contributed by atoms with Crippen molar-refractivity contribution in [1.82, 2.24) is 29.2 Å². The number of morpholine rings is 2. The third-order valence-corrected chi connectivity index (χ3v) is 9.64. The predicted molar refractivity (Wildman–Crippen MR) is 185 cm³/mol. The summed E-state index contributed by atoms with van der Waals surface area (Å²) in [5, 5.41) is 0. The molecule has 6 heterocycles. The number of likely N-dealkylation sites (tertiary alicyclic amines) is 1. The average Bonchev–Trinajstić information content (AvgIpc) is 3.58. The minimum atomic E-state index is -0.666. The molecule has 0 N–H and O–H groups in total. The van der Waals surface area contributed by atoms with Gasteiger partial charge >= 0.3 is 18.2 Å². The van der Waals surface area contributed by atoms with E-state index in [1.807, 2.05) is 58.3 Å². The van der Waals surface area contributed by atoms with Crippen molar-refractivity contribution in [2.75, 3.05) is 39.4 Å². The van der Waals surface area contributed by atoms with E-state index in [2.05, 4.69) is 12.1 Å². The molecule has 0 radical (unpaired) electrons. The van der Waals surface area contributed by atoms with E-state index in [0.29, 0.717) is 69.2 Å². The molecule has 2 bridgehead atoms. The molecular formula is C37H48N6O7. The van der Waals surface area contributed by atoms with Gasteiger partial charge in [-0.3, -0.25) is 4.90 Å². The number of aryl methyl sites for hydroxylation is 1. The third kappa shape index (κ3) is 6.89. The van der Waals surface area contributed by atoms with Gasteiger partial charge in [-0.2, -0.15) is 0 Å². The van der Waals surface area contributed by atoms with E-state index in [0.717, 1.165) is 40.7 Å². The smallest absolute Gasteiger partial charge is 0.420 e. The summed E-state index contributed by atoms with van der Waals surface area (Å²) in [6, 6.07) is 3.76. The summed E-state index contributed by atoms with van der Waals surface area (Å²) in [5.74, 6) is 0. The summed E-state index contributed by atoms with van der Waals surface area (Å²) in [4.78, 5) is 55.8. The molecule has 3 saturated heterocycles. The molecule has 7 rings (SSSR count). The molecule has 268 valence electrons. The number of amides is 3. The highest BCUT2D eigenvalue weighted by Crippen LogP contribution is 2.37. The van der Waals surface area contributed by atoms with Gasteiger partial charge in [-0.05, 0) is 102 Å². The molecule has 1 aromatic carbocycles. The van der Waals surface area contributed by atoms with E-state index in [1.54, 1.807) is 17.3 Å². The van der Waals surface area contributed by atoms with Gasteiger partial charge < -0.3 is 28.7 Å². The highest BCUT2D eigenvalue weighted by Gasteiger charge is 2.39. The van der Waals surface area contributed by atoms with Crippen molar-refractivity contribution in [2.45, 2.75) is 104 Å². The molecule has 3 fully saturated rings. The van der Waals surface area contributed by atoms with Crippen molar-refractivity contribution in [2.24, 2.45) is 0 Å². The number of carbonyl (C=O) groups is 3. The van der Waals surface area contributed by atoms with Crippen LogP contribution in [0.5, 0.6) is 0 Å². The Kier molecular flexibility index (Phi) is 8.78. The van der Waals surface area contributed by atoms with Crippen LogP contribution in [0.3, 0.4) is 0 Å². The van der Waals surface area contributed by atoms with Crippen molar-refractivity contribution < 1.29 is 33.3 Å². The van der Waals surface area contributed by atoms with Crippen LogP contribution in [0.2, 0.25) is 0 Å². The van der Waals surface area contributed by atoms with Crippen molar-refractivity contribution in [3.05, 3.63) is 46.8 Å². The van der Waals surface area contributed by atoms with Gasteiger partial charge in [0.1, 0.15) is 16.7 Å². The van der Waals surface area contributed by atoms with E-state index in [1.165, 1.54) is 4.57 Å². The maximum atomic E-state index is 13.9. The fourth-order valence-corrected chi connectivity index (χ4v) is 7.41. The number of rotatable bonds is 2. The second kappa shape index (κ2) is 12.8. The van der Waals surface area contributed by atoms with Gasteiger partial charge in [0, 0.05) is 44.5 Å². The van der Waals surface area contributed by atoms with Crippen LogP contribution in [-0.4, -0.2) is 110 Å². The lowest BCUT2D eigenvalue weighted by molar-refractivity contribution is -0.0337. The molecule has 2 aromatic heterocycles. The molecule has 13 heteroatoms. The summed E-state index contributed by atoms with van der Waals surface area (Å²) in [6.45, 7) is 16.2. The van der Waals surface area contributed by atoms with E-state index >= 15 is 0 Å². The summed E-state index contributed by atoms with van der Waals surface area (Å²) in [6.07, 6.45) is 5.29. The van der Waals surface area contributed by atoms with Crippen molar-refractivity contribution >= 4 is 29.4 Å². The van der Waals surface area contributed by atoms with E-state index in [4.69, 9.17) is 28.9 Å². The van der Waals surface area contributed by atoms with Gasteiger partial charge in [-0.25, -0.2) is 28.9 Å². The van der Waals surface area contributed by atoms with Gasteiger partial charge in [-0.15, -0.1) is 0 Å². The molecule has 3 amide bonds. The first-order valence-corrected chi connectivity index (χ1v) is 17.6. The zero-order valence-corrected chi connectivity index (χ0v) is 30.2. The first-order valence-electron chi connectivity index (χ1n) is 17.6. The van der Waals surface area contributed by atoms with Crippen LogP contribution < -0.4 is 0 Å². The Labute approximate surface area is 292 Å². The molecule has 0 saturated carbocycles. The Morgan fingerprint density at radius 3 is 2.32 bits per heavy atom. The van der Waals surface area contributed by atoms with Crippen molar-refractivity contribution in [1.29, 1.82) is 0 Å². The largest absolute Gasteiger partial charge is 0.444 e. The van der Waals surface area contributed by atoms with Crippen LogP contribution in [0, 0.1) is 6.92 Å². The van der Waals surface area contributed by atoms with Gasteiger partial charge in [0.15, 0.2) is 5.65 Å². The molecule has 50 heavy (non-hydrogen) atoms. The van der Waals surface area contributed by atoms with Gasteiger partial charge in [0.05, 0.1) is 43.4 Å². The quantitative estimate of drug-likeness (QED) is 0.326. The predicted octanol–water partition coefficient (Wildman–Crippen LogP) is 5.84. The van der Waals surface area contributed by atoms with Crippen LogP contribution in [0.15, 0.2) is 24.5 Å². The standard InChI is InChI=1S/C37H48N6O7/c1-22-17-43(35(46)50-37(5,6)7)32-31(22)39-29(16-38-32)24-14-23-10-11-40(33(44)41-18-25-8-9-26(19-41)48-25)20-28(23)27(15-24)30-21-47-13-12-42(30)34(45)49-36(2,3)4/h14-17,25-26,30H,8-13,18-21H2,1-7H3/t25?,26?,30-/m0/s1. The Bertz CT molecular complexity index is 1810. The normalized spacial score (nSPS) is 22.5. The number of hydrogen-bond acceptors (Lipinski definition) is 9. The molecular weight excluding hydrogens is 640 g/mol. The minimum Gasteiger partial charge on any atom is -0.444 e. The fraction of sp³-hybridized carbons (Fsp3) is 0.595. The Morgan fingerprint density at radius 1 is 0.920 bits per heavy atom. The Balaban J connectivity index is 1.27. The molecule has 0 aliphatic carbocycles. The zero-order chi connectivity index (χ0) is 35.5. The van der Waals surface area contributed by atoms with E-state index in [9.17, 15) is 14.4 Å². The third-order valence-electron chi connectivity index (χ3n) is 9.64. The number of hydrogen-bond donors (Lipinski definition) is 0. The number of urea groups is 1. The molecule has 0 spiro atoms. The van der Waals surface area contributed by atoms with E-state index < -0.39 is 29.4 Å². The van der Waals surface area contributed by atoms with E-state index in [-0.39, 0.29) is 18.2 Å². The van der Waals surface area contributed by atoms with Crippen LogP contribution in [0.1, 0.15) is 82.7 Å². The number of nitrogens with zero attached hydrogens (tertiary/aromatic N) is 6. The number of benzene rings is 1. The van der Waals surface area contributed by atoms with Crippen molar-refractivity contribution in [3.63, 3.8) is 0 Å². The summed E-state index contributed by atoms with van der Waals surface area (Å²) < 4.78 is 24.8. The number of carbonyl (C=O) groups excluding carboxylic acids is 3. The number of aromatic nitrogens is 3. The SMILES string of the molecule is Cc1cn(C(=O)OC(C)(C)C)c2ncc(-c3cc4c(c([C@@H]5COCCN5C(=O)OC(C)(C)C)c3)CN(C(=O)N3CC5CCC(C3)O5)CC4)nc12. The topological polar surface area (TPSA) is 129 Å². The van der Waals surface area contributed by atoms with Gasteiger partial charge in [-0.1, -0.05) is 0 Å². The van der Waals surface area contributed by atoms with Crippen molar-refractivity contribution in [3.8, 4) is 11.3 Å². The molecule has 4 aliphatic rings. The summed E-state index contributed by atoms with van der Waals surface area (Å²) in [7, 11) is 0. The van der Waals surface area contributed by atoms with Crippen LogP contribution in [0.25, 0.3) is 22.4 Å². The molecule has 3 atom stereocenters. The summed E-state index contributed by atoms with van der Waals surface area (Å²) in [5.41, 5.74) is 4.94. The lowest BCUT2D eigenvalue weighted by atomic mass is 9.87. The lowest BCUT2D eigenvalue weighted by Gasteiger charge is -2.41. The molecule has 13 nitrogen and oxygen atoms in total. The number of fused-ring (bicyclic) bond motifs is 4. The highest BCUT2D eigenvalue weighted by atomic mass is 16.6. The van der Waals surface area contributed by atoms with Gasteiger partial charge in [0.2, 0.25) is 0 Å². The Hall–Kier alpha value is -4.23. The summed E-state index contributed by atoms with van der Waals surface area (Å²) >= 11 is 0. The van der Waals surface area contributed by atoms with Crippen LogP contribution in [0.4, 0.5) is 14.4 Å². The van der Waals surface area contributed by atoms with Gasteiger partial charge in [0.25, 0.3) is 0 Å². The average molecular weight is 689 g/mol. The Morgan fingerprint density at radius 2 is 1.62 bits per heavy atom. The fourth-order valence-electron chi connectivity index (χ4n) is 7.41. The minimum absolute atomic E-state index is 0.0241. The maximum absolute atomic E-state index is 13.9. The van der Waals surface area contributed by atoms with Crippen LogP contribution >= 0.6 is 0 Å². The second-order valence-electron chi connectivity index (χ2n) is 15.9. The second-order valence-corrected chi connectivity index (χ2v) is 15.9. The first-order chi connectivity index (χ1) is 23.6. The highest BCUT2D eigenvalue weighted by molar-refractivity contribution is 5.88. The van der Waals surface area contributed by atoms with Crippen LogP contribution in [-0.2, 0) is 31.9 Å².